The number of nitrogens with zero attached hydrogens (tertiary/aromatic N) is 1. The smallest absolute Gasteiger partial charge is 0.123 e. The van der Waals surface area contributed by atoms with Gasteiger partial charge in [-0.2, -0.15) is 0 Å². The number of hydrogen-bond acceptors (Lipinski definition) is 3. The summed E-state index contributed by atoms with van der Waals surface area (Å²) >= 11 is 0. The standard InChI is InChI=1S/C14H20FNO2/c1-14(18)7-9-16(10-14)8-6-13(17)11-2-4-12(15)5-3-11/h2-5,13,17-18H,6-10H2,1H3. The number of benzene rings is 1. The van der Waals surface area contributed by atoms with E-state index < -0.39 is 11.7 Å². The van der Waals surface area contributed by atoms with E-state index in [-0.39, 0.29) is 5.82 Å². The minimum absolute atomic E-state index is 0.290. The highest BCUT2D eigenvalue weighted by atomic mass is 19.1. The molecule has 18 heavy (non-hydrogen) atoms. The lowest BCUT2D eigenvalue weighted by Crippen LogP contribution is -2.30. The van der Waals surface area contributed by atoms with Gasteiger partial charge in [0.1, 0.15) is 5.82 Å². The van der Waals surface area contributed by atoms with Gasteiger partial charge in [0.2, 0.25) is 0 Å². The molecule has 2 N–H and O–H groups in total. The predicted molar refractivity (Wildman–Crippen MR) is 67.7 cm³/mol. The van der Waals surface area contributed by atoms with Crippen molar-refractivity contribution in [2.75, 3.05) is 19.6 Å². The molecule has 3 nitrogen and oxygen atoms in total. The lowest BCUT2D eigenvalue weighted by Gasteiger charge is -2.20. The highest BCUT2D eigenvalue weighted by Crippen LogP contribution is 2.23. The Kier molecular flexibility index (Phi) is 4.00. The van der Waals surface area contributed by atoms with Crippen molar-refractivity contribution in [3.63, 3.8) is 0 Å². The molecular weight excluding hydrogens is 233 g/mol. The summed E-state index contributed by atoms with van der Waals surface area (Å²) in [4.78, 5) is 2.15. The van der Waals surface area contributed by atoms with Crippen LogP contribution in [0.1, 0.15) is 31.4 Å². The zero-order valence-corrected chi connectivity index (χ0v) is 10.6. The maximum Gasteiger partial charge on any atom is 0.123 e. The molecule has 0 amide bonds. The monoisotopic (exact) mass is 253 g/mol. The van der Waals surface area contributed by atoms with E-state index in [1.54, 1.807) is 12.1 Å². The molecule has 0 spiro atoms. The van der Waals surface area contributed by atoms with Crippen molar-refractivity contribution >= 4 is 0 Å². The average Bonchev–Trinajstić information content (AvgIpc) is 2.67. The van der Waals surface area contributed by atoms with Crippen LogP contribution in [0.15, 0.2) is 24.3 Å². The molecule has 1 heterocycles. The molecule has 2 unspecified atom stereocenters. The summed E-state index contributed by atoms with van der Waals surface area (Å²) in [5.41, 5.74) is 0.142. The van der Waals surface area contributed by atoms with Gasteiger partial charge in [0.15, 0.2) is 0 Å². The van der Waals surface area contributed by atoms with Gasteiger partial charge in [-0.1, -0.05) is 12.1 Å². The number of aliphatic hydroxyl groups is 2. The predicted octanol–water partition coefficient (Wildman–Crippen LogP) is 1.71. The molecule has 2 atom stereocenters. The van der Waals surface area contributed by atoms with Gasteiger partial charge < -0.3 is 15.1 Å². The van der Waals surface area contributed by atoms with Crippen LogP contribution in [0.4, 0.5) is 4.39 Å². The maximum absolute atomic E-state index is 12.7. The lowest BCUT2D eigenvalue weighted by molar-refractivity contribution is 0.0655. The number of rotatable bonds is 4. The SMILES string of the molecule is CC1(O)CCN(CCC(O)c2ccc(F)cc2)C1. The zero-order valence-electron chi connectivity index (χ0n) is 10.6. The summed E-state index contributed by atoms with van der Waals surface area (Å²) in [6.45, 7) is 4.10. The Morgan fingerprint density at radius 2 is 2.06 bits per heavy atom. The summed E-state index contributed by atoms with van der Waals surface area (Å²) < 4.78 is 12.7. The summed E-state index contributed by atoms with van der Waals surface area (Å²) in [6, 6.07) is 5.94. The first-order chi connectivity index (χ1) is 8.46. The molecule has 1 aromatic carbocycles. The Labute approximate surface area is 107 Å². The Morgan fingerprint density at radius 3 is 2.61 bits per heavy atom. The first-order valence-corrected chi connectivity index (χ1v) is 6.34. The van der Waals surface area contributed by atoms with Gasteiger partial charge in [0.25, 0.3) is 0 Å². The third-order valence-corrected chi connectivity index (χ3v) is 3.50. The Bertz CT molecular complexity index is 391. The molecule has 1 aliphatic heterocycles. The average molecular weight is 253 g/mol. The Morgan fingerprint density at radius 1 is 1.39 bits per heavy atom. The quantitative estimate of drug-likeness (QED) is 0.858. The summed E-state index contributed by atoms with van der Waals surface area (Å²) in [5.74, 6) is -0.290. The van der Waals surface area contributed by atoms with Gasteiger partial charge in [-0.25, -0.2) is 4.39 Å². The van der Waals surface area contributed by atoms with Crippen molar-refractivity contribution in [1.82, 2.24) is 4.90 Å². The molecule has 1 fully saturated rings. The fourth-order valence-corrected chi connectivity index (χ4v) is 2.39. The number of β-amino-alcohol motifs (C(OH)–C–C–N with tert-alkyl or cyclic N) is 1. The van der Waals surface area contributed by atoms with E-state index >= 15 is 0 Å². The van der Waals surface area contributed by atoms with Gasteiger partial charge in [-0.15, -0.1) is 0 Å². The van der Waals surface area contributed by atoms with Gasteiger partial charge in [-0.3, -0.25) is 0 Å². The maximum atomic E-state index is 12.7. The van der Waals surface area contributed by atoms with Gasteiger partial charge in [0, 0.05) is 19.6 Å². The molecule has 1 saturated heterocycles. The van der Waals surface area contributed by atoms with Crippen LogP contribution in [-0.4, -0.2) is 40.3 Å². The van der Waals surface area contributed by atoms with Crippen LogP contribution in [0.3, 0.4) is 0 Å². The van der Waals surface area contributed by atoms with E-state index in [0.29, 0.717) is 13.0 Å². The van der Waals surface area contributed by atoms with E-state index in [0.717, 1.165) is 25.1 Å². The van der Waals surface area contributed by atoms with E-state index in [1.807, 2.05) is 6.92 Å². The largest absolute Gasteiger partial charge is 0.389 e. The number of halogens is 1. The third-order valence-electron chi connectivity index (χ3n) is 3.50. The van der Waals surface area contributed by atoms with Gasteiger partial charge in [-0.05, 0) is 37.5 Å². The molecule has 1 aromatic rings. The molecule has 0 saturated carbocycles. The van der Waals surface area contributed by atoms with Crippen LogP contribution in [-0.2, 0) is 0 Å². The normalized spacial score (nSPS) is 26.4. The topological polar surface area (TPSA) is 43.7 Å². The van der Waals surface area contributed by atoms with Crippen LogP contribution in [0.2, 0.25) is 0 Å². The van der Waals surface area contributed by atoms with Crippen molar-refractivity contribution in [2.45, 2.75) is 31.5 Å². The van der Waals surface area contributed by atoms with Crippen molar-refractivity contribution < 1.29 is 14.6 Å². The first kappa shape index (κ1) is 13.5. The van der Waals surface area contributed by atoms with Gasteiger partial charge in [0.05, 0.1) is 11.7 Å². The molecule has 1 aliphatic rings. The van der Waals surface area contributed by atoms with Crippen LogP contribution in [0, 0.1) is 5.82 Å². The summed E-state index contributed by atoms with van der Waals surface area (Å²) in [5, 5.41) is 19.8. The molecule has 4 heteroatoms. The molecule has 0 aliphatic carbocycles. The first-order valence-electron chi connectivity index (χ1n) is 6.34. The molecular formula is C14H20FNO2. The molecule has 0 radical (unpaired) electrons. The van der Waals surface area contributed by atoms with E-state index in [1.165, 1.54) is 12.1 Å². The minimum Gasteiger partial charge on any atom is -0.389 e. The molecule has 2 rings (SSSR count). The van der Waals surface area contributed by atoms with Crippen LogP contribution in [0.5, 0.6) is 0 Å². The number of aliphatic hydroxyl groups excluding tert-OH is 1. The molecule has 0 aromatic heterocycles. The second-order valence-corrected chi connectivity index (χ2v) is 5.38. The highest BCUT2D eigenvalue weighted by molar-refractivity contribution is 5.18. The Balaban J connectivity index is 1.82. The fourth-order valence-electron chi connectivity index (χ4n) is 2.39. The fraction of sp³-hybridized carbons (Fsp3) is 0.571. The summed E-state index contributed by atoms with van der Waals surface area (Å²) in [7, 11) is 0. The molecule has 0 bridgehead atoms. The van der Waals surface area contributed by atoms with Crippen molar-refractivity contribution in [3.05, 3.63) is 35.6 Å². The Hall–Kier alpha value is -0.970. The third kappa shape index (κ3) is 3.51. The van der Waals surface area contributed by atoms with Crippen LogP contribution < -0.4 is 0 Å². The van der Waals surface area contributed by atoms with Gasteiger partial charge >= 0.3 is 0 Å². The van der Waals surface area contributed by atoms with Crippen molar-refractivity contribution in [3.8, 4) is 0 Å². The number of hydrogen-bond donors (Lipinski definition) is 2. The lowest BCUT2D eigenvalue weighted by atomic mass is 10.1. The summed E-state index contributed by atoms with van der Waals surface area (Å²) in [6.07, 6.45) is 0.803. The second-order valence-electron chi connectivity index (χ2n) is 5.38. The second kappa shape index (κ2) is 5.34. The van der Waals surface area contributed by atoms with Crippen LogP contribution >= 0.6 is 0 Å². The van der Waals surface area contributed by atoms with Crippen molar-refractivity contribution in [2.24, 2.45) is 0 Å². The van der Waals surface area contributed by atoms with Crippen LogP contribution in [0.25, 0.3) is 0 Å². The molecule has 100 valence electrons. The van der Waals surface area contributed by atoms with E-state index in [4.69, 9.17) is 0 Å². The highest BCUT2D eigenvalue weighted by Gasteiger charge is 2.31. The minimum atomic E-state index is -0.596. The number of likely N-dealkylation sites (tertiary alicyclic amines) is 1. The zero-order chi connectivity index (χ0) is 13.2. The van der Waals surface area contributed by atoms with E-state index in [9.17, 15) is 14.6 Å². The van der Waals surface area contributed by atoms with E-state index in [2.05, 4.69) is 4.90 Å². The van der Waals surface area contributed by atoms with Crippen molar-refractivity contribution in [1.29, 1.82) is 0 Å².